The van der Waals surface area contributed by atoms with Gasteiger partial charge in [0.1, 0.15) is 13.2 Å². The summed E-state index contributed by atoms with van der Waals surface area (Å²) in [5.41, 5.74) is 0. The molecule has 0 N–H and O–H groups in total. The van der Waals surface area contributed by atoms with Crippen molar-refractivity contribution in [3.05, 3.63) is 97.2 Å². The lowest BCUT2D eigenvalue weighted by Crippen LogP contribution is -2.30. The molecule has 6 nitrogen and oxygen atoms in total. The van der Waals surface area contributed by atoms with Crippen LogP contribution in [0, 0.1) is 0 Å². The van der Waals surface area contributed by atoms with E-state index in [1.54, 1.807) is 0 Å². The van der Waals surface area contributed by atoms with Gasteiger partial charge in [-0.2, -0.15) is 0 Å². The molecule has 0 rings (SSSR count). The third-order valence-electron chi connectivity index (χ3n) is 11.6. The zero-order valence-electron chi connectivity index (χ0n) is 43.6. The molecule has 0 aromatic heterocycles. The molecule has 0 aromatic rings. The van der Waals surface area contributed by atoms with Crippen LogP contribution in [0.4, 0.5) is 0 Å². The lowest BCUT2D eigenvalue weighted by Gasteiger charge is -2.18. The summed E-state index contributed by atoms with van der Waals surface area (Å²) >= 11 is 0. The minimum Gasteiger partial charge on any atom is -0.462 e. The highest BCUT2D eigenvalue weighted by Crippen LogP contribution is 2.15. The van der Waals surface area contributed by atoms with Crippen molar-refractivity contribution in [2.75, 3.05) is 13.2 Å². The normalized spacial score (nSPS) is 12.8. The van der Waals surface area contributed by atoms with E-state index in [0.29, 0.717) is 19.3 Å². The van der Waals surface area contributed by atoms with Crippen molar-refractivity contribution in [1.29, 1.82) is 0 Å². The molecule has 0 aliphatic carbocycles. The molecule has 0 spiro atoms. The van der Waals surface area contributed by atoms with E-state index in [0.717, 1.165) is 70.6 Å². The molecule has 0 fully saturated rings. The largest absolute Gasteiger partial charge is 0.462 e. The Morgan fingerprint density at radius 1 is 0.313 bits per heavy atom. The van der Waals surface area contributed by atoms with Crippen LogP contribution >= 0.6 is 0 Å². The first-order chi connectivity index (χ1) is 33.0. The maximum atomic E-state index is 12.8. The first-order valence-electron chi connectivity index (χ1n) is 27.7. The van der Waals surface area contributed by atoms with Gasteiger partial charge in [0.15, 0.2) is 6.10 Å². The molecule has 67 heavy (non-hydrogen) atoms. The molecule has 0 saturated carbocycles. The van der Waals surface area contributed by atoms with E-state index < -0.39 is 6.10 Å². The molecule has 0 heterocycles. The van der Waals surface area contributed by atoms with Crippen molar-refractivity contribution in [3.63, 3.8) is 0 Å². The lowest BCUT2D eigenvalue weighted by molar-refractivity contribution is -0.166. The zero-order chi connectivity index (χ0) is 48.6. The van der Waals surface area contributed by atoms with E-state index in [9.17, 15) is 14.4 Å². The standard InChI is InChI=1S/C61H102O6/c1-4-7-10-13-16-19-22-25-27-29-30-32-33-36-39-42-45-48-51-54-60(63)66-57-58(56-65-59(62)53-50-47-44-41-38-35-24-21-18-15-12-9-6-3)67-61(64)55-52-49-46-43-40-37-34-31-28-26-23-20-17-14-11-8-5-2/h7,10,16,19,25,27,30,32,35-36,38-39,44-45,47-48,58H,4-6,8-9,11-15,17-18,20-24,26,28-29,31,33-34,37,40-43,46,49-57H2,1-3H3/b10-7-,19-16-,27-25-,32-30-,38-35-,39-36-,47-44-,48-45-. The van der Waals surface area contributed by atoms with E-state index in [2.05, 4.69) is 99.8 Å². The number of ether oxygens (including phenoxy) is 3. The highest BCUT2D eigenvalue weighted by molar-refractivity contribution is 5.71. The van der Waals surface area contributed by atoms with Gasteiger partial charge in [0.2, 0.25) is 0 Å². The molecule has 1 atom stereocenters. The second-order valence-electron chi connectivity index (χ2n) is 18.1. The Kier molecular flexibility index (Phi) is 51.9. The van der Waals surface area contributed by atoms with Gasteiger partial charge in [0, 0.05) is 19.3 Å². The first-order valence-corrected chi connectivity index (χ1v) is 27.7. The monoisotopic (exact) mass is 931 g/mol. The number of esters is 3. The average Bonchev–Trinajstić information content (AvgIpc) is 3.33. The van der Waals surface area contributed by atoms with E-state index in [-0.39, 0.29) is 44.0 Å². The molecular weight excluding hydrogens is 829 g/mol. The first kappa shape index (κ1) is 63.3. The fourth-order valence-corrected chi connectivity index (χ4v) is 7.46. The molecule has 0 amide bonds. The number of rotatable bonds is 49. The summed E-state index contributed by atoms with van der Waals surface area (Å²) in [4.78, 5) is 38.0. The van der Waals surface area contributed by atoms with Crippen molar-refractivity contribution in [1.82, 2.24) is 0 Å². The van der Waals surface area contributed by atoms with E-state index in [4.69, 9.17) is 14.2 Å². The predicted octanol–water partition coefficient (Wildman–Crippen LogP) is 18.5. The molecule has 0 aromatic carbocycles. The highest BCUT2D eigenvalue weighted by atomic mass is 16.6. The minimum absolute atomic E-state index is 0.130. The van der Waals surface area contributed by atoms with Gasteiger partial charge in [-0.05, 0) is 77.0 Å². The van der Waals surface area contributed by atoms with Crippen LogP contribution in [0.25, 0.3) is 0 Å². The van der Waals surface area contributed by atoms with Crippen molar-refractivity contribution < 1.29 is 28.6 Å². The van der Waals surface area contributed by atoms with E-state index in [1.807, 2.05) is 18.2 Å². The molecule has 0 saturated heterocycles. The number of unbranched alkanes of at least 4 members (excludes halogenated alkanes) is 22. The van der Waals surface area contributed by atoms with Crippen LogP contribution in [0.5, 0.6) is 0 Å². The van der Waals surface area contributed by atoms with Crippen LogP contribution in [0.15, 0.2) is 97.2 Å². The second kappa shape index (κ2) is 54.9. The Morgan fingerprint density at radius 3 is 0.970 bits per heavy atom. The van der Waals surface area contributed by atoms with Crippen molar-refractivity contribution in [3.8, 4) is 0 Å². The van der Waals surface area contributed by atoms with Gasteiger partial charge in [-0.15, -0.1) is 0 Å². The van der Waals surface area contributed by atoms with Crippen molar-refractivity contribution in [2.45, 2.75) is 258 Å². The summed E-state index contributed by atoms with van der Waals surface area (Å²) in [5, 5.41) is 0. The Labute approximate surface area is 413 Å². The third-order valence-corrected chi connectivity index (χ3v) is 11.6. The molecule has 0 radical (unpaired) electrons. The van der Waals surface area contributed by atoms with Crippen molar-refractivity contribution >= 4 is 17.9 Å². The predicted molar refractivity (Wildman–Crippen MR) is 288 cm³/mol. The van der Waals surface area contributed by atoms with Gasteiger partial charge in [-0.25, -0.2) is 0 Å². The minimum atomic E-state index is -0.829. The summed E-state index contributed by atoms with van der Waals surface area (Å²) < 4.78 is 16.7. The van der Waals surface area contributed by atoms with Crippen LogP contribution < -0.4 is 0 Å². The van der Waals surface area contributed by atoms with Crippen LogP contribution in [-0.2, 0) is 28.6 Å². The fraction of sp³-hybridized carbons (Fsp3) is 0.689. The number of hydrogen-bond acceptors (Lipinski definition) is 6. The van der Waals surface area contributed by atoms with Crippen LogP contribution in [0.2, 0.25) is 0 Å². The molecule has 0 aliphatic rings. The van der Waals surface area contributed by atoms with Crippen LogP contribution in [0.1, 0.15) is 252 Å². The average molecular weight is 931 g/mol. The smallest absolute Gasteiger partial charge is 0.306 e. The van der Waals surface area contributed by atoms with Gasteiger partial charge in [0.05, 0.1) is 0 Å². The summed E-state index contributed by atoms with van der Waals surface area (Å²) in [6.45, 7) is 6.41. The number of allylic oxidation sites excluding steroid dienone is 16. The van der Waals surface area contributed by atoms with Crippen LogP contribution in [0.3, 0.4) is 0 Å². The Bertz CT molecular complexity index is 1350. The molecule has 6 heteroatoms. The van der Waals surface area contributed by atoms with Crippen molar-refractivity contribution in [2.24, 2.45) is 0 Å². The summed E-state index contributed by atoms with van der Waals surface area (Å²) in [6.07, 6.45) is 72.8. The van der Waals surface area contributed by atoms with Gasteiger partial charge in [-0.1, -0.05) is 253 Å². The quantitative estimate of drug-likeness (QED) is 0.0262. The SMILES string of the molecule is CC/C=C\C/C=C\C/C=C\C/C=C\C/C=C\C/C=C\CCC(=O)OCC(COC(=O)CC/C=C\C/C=C\CCCCCCCC)OC(=O)CCCCCCCCCCCCCCCCCCC. The number of carbonyl (C=O) groups is 3. The number of carbonyl (C=O) groups excluding carboxylic acids is 3. The molecule has 382 valence electrons. The molecule has 1 unspecified atom stereocenters. The van der Waals surface area contributed by atoms with Gasteiger partial charge >= 0.3 is 17.9 Å². The summed E-state index contributed by atoms with van der Waals surface area (Å²) in [7, 11) is 0. The number of hydrogen-bond donors (Lipinski definition) is 0. The Hall–Kier alpha value is -3.67. The third kappa shape index (κ3) is 53.2. The van der Waals surface area contributed by atoms with Crippen LogP contribution in [-0.4, -0.2) is 37.2 Å². The maximum absolute atomic E-state index is 12.8. The zero-order valence-corrected chi connectivity index (χ0v) is 43.6. The topological polar surface area (TPSA) is 78.9 Å². The van der Waals surface area contributed by atoms with E-state index >= 15 is 0 Å². The molecule has 0 bridgehead atoms. The fourth-order valence-electron chi connectivity index (χ4n) is 7.46. The Balaban J connectivity index is 4.53. The van der Waals surface area contributed by atoms with E-state index in [1.165, 1.54) is 128 Å². The summed E-state index contributed by atoms with van der Waals surface area (Å²) in [5.74, 6) is -1.07. The van der Waals surface area contributed by atoms with Gasteiger partial charge < -0.3 is 14.2 Å². The lowest BCUT2D eigenvalue weighted by atomic mass is 10.0. The molecular formula is C61H102O6. The second-order valence-corrected chi connectivity index (χ2v) is 18.1. The summed E-state index contributed by atoms with van der Waals surface area (Å²) in [6, 6.07) is 0. The Morgan fingerprint density at radius 2 is 0.612 bits per heavy atom. The van der Waals surface area contributed by atoms with Gasteiger partial charge in [0.25, 0.3) is 0 Å². The highest BCUT2D eigenvalue weighted by Gasteiger charge is 2.19. The van der Waals surface area contributed by atoms with Gasteiger partial charge in [-0.3, -0.25) is 14.4 Å². The maximum Gasteiger partial charge on any atom is 0.306 e. The molecule has 0 aliphatic heterocycles.